The third kappa shape index (κ3) is 4.50. The Bertz CT molecular complexity index is 554. The van der Waals surface area contributed by atoms with Gasteiger partial charge in [-0.2, -0.15) is 0 Å². The molecule has 0 spiro atoms. The van der Waals surface area contributed by atoms with Gasteiger partial charge in [-0.15, -0.1) is 0 Å². The number of carbonyl (C=O) groups is 1. The number of piperidine rings is 1. The Morgan fingerprint density at radius 2 is 2.04 bits per heavy atom. The predicted molar refractivity (Wildman–Crippen MR) is 97.2 cm³/mol. The molecule has 1 aromatic rings. The number of aliphatic hydroxyl groups is 1. The summed E-state index contributed by atoms with van der Waals surface area (Å²) in [6, 6.07) is 4.67. The number of nitrogens with zero attached hydrogens (tertiary/aromatic N) is 2. The Kier molecular flexibility index (Phi) is 5.91. The van der Waals surface area contributed by atoms with Crippen molar-refractivity contribution in [3.63, 3.8) is 0 Å². The number of likely N-dealkylation sites (tertiary alicyclic amines) is 1. The van der Waals surface area contributed by atoms with Crippen LogP contribution in [0.3, 0.4) is 0 Å². The Morgan fingerprint density at radius 3 is 2.60 bits per heavy atom. The number of rotatable bonds is 6. The van der Waals surface area contributed by atoms with Crippen molar-refractivity contribution in [1.29, 1.82) is 0 Å². The number of pyridine rings is 1. The first-order valence-electron chi connectivity index (χ1n) is 9.45. The van der Waals surface area contributed by atoms with Crippen LogP contribution in [0.1, 0.15) is 57.1 Å². The summed E-state index contributed by atoms with van der Waals surface area (Å²) < 4.78 is 0. The summed E-state index contributed by atoms with van der Waals surface area (Å²) in [6.07, 6.45) is 9.35. The fourth-order valence-corrected chi connectivity index (χ4v) is 4.00. The summed E-state index contributed by atoms with van der Waals surface area (Å²) in [5.74, 6) is 0. The van der Waals surface area contributed by atoms with Crippen LogP contribution in [0.2, 0.25) is 0 Å². The minimum atomic E-state index is -0.171. The van der Waals surface area contributed by atoms with Crippen LogP contribution in [0.25, 0.3) is 0 Å². The largest absolute Gasteiger partial charge is 0.396 e. The molecule has 3 rings (SSSR count). The topological polar surface area (TPSA) is 77.5 Å². The van der Waals surface area contributed by atoms with Crippen LogP contribution in [0.15, 0.2) is 24.5 Å². The summed E-state index contributed by atoms with van der Waals surface area (Å²) in [7, 11) is 0. The lowest BCUT2D eigenvalue weighted by Crippen LogP contribution is -2.58. The van der Waals surface area contributed by atoms with E-state index in [9.17, 15) is 9.90 Å². The summed E-state index contributed by atoms with van der Waals surface area (Å²) in [5, 5.41) is 15.4. The van der Waals surface area contributed by atoms with Gasteiger partial charge in [-0.3, -0.25) is 9.88 Å². The summed E-state index contributed by atoms with van der Waals surface area (Å²) >= 11 is 0. The van der Waals surface area contributed by atoms with E-state index in [4.69, 9.17) is 0 Å². The quantitative estimate of drug-likeness (QED) is 0.738. The van der Waals surface area contributed by atoms with Gasteiger partial charge in [-0.1, -0.05) is 0 Å². The van der Waals surface area contributed by atoms with Gasteiger partial charge in [0.25, 0.3) is 0 Å². The van der Waals surface area contributed by atoms with Crippen molar-refractivity contribution in [3.8, 4) is 0 Å². The van der Waals surface area contributed by atoms with Gasteiger partial charge < -0.3 is 15.7 Å². The Hall–Kier alpha value is -1.66. The van der Waals surface area contributed by atoms with Crippen molar-refractivity contribution < 1.29 is 9.90 Å². The number of hydrogen-bond acceptors (Lipinski definition) is 4. The molecule has 25 heavy (non-hydrogen) atoms. The smallest absolute Gasteiger partial charge is 0.315 e. The molecule has 0 bridgehead atoms. The van der Waals surface area contributed by atoms with Gasteiger partial charge in [0.15, 0.2) is 0 Å². The van der Waals surface area contributed by atoms with E-state index in [0.717, 1.165) is 45.2 Å². The molecule has 0 radical (unpaired) electrons. The van der Waals surface area contributed by atoms with E-state index in [1.165, 1.54) is 5.56 Å². The molecular formula is C19H30N4O2. The van der Waals surface area contributed by atoms with E-state index in [1.54, 1.807) is 0 Å². The number of nitrogens with one attached hydrogen (secondary N) is 2. The van der Waals surface area contributed by atoms with Gasteiger partial charge in [0.2, 0.25) is 0 Å². The zero-order valence-corrected chi connectivity index (χ0v) is 15.1. The number of carbonyl (C=O) groups excluding carboxylic acids is 1. The molecule has 1 unspecified atom stereocenters. The standard InChI is InChI=1S/C19H30N4O2/c1-15(16-3-10-20-11-4-16)23-12-5-17(6-13-23)21-18(25)22-19(9-14-24)7-2-8-19/h3-4,10-11,15,17,24H,2,5-9,12-14H2,1H3,(H2,21,22,25). The number of hydrogen-bond donors (Lipinski definition) is 3. The van der Waals surface area contributed by atoms with E-state index in [1.807, 2.05) is 12.4 Å². The van der Waals surface area contributed by atoms with E-state index in [2.05, 4.69) is 39.6 Å². The average Bonchev–Trinajstić information content (AvgIpc) is 2.61. The first kappa shape index (κ1) is 18.1. The second-order valence-electron chi connectivity index (χ2n) is 7.47. The molecule has 1 atom stereocenters. The lowest BCUT2D eigenvalue weighted by molar-refractivity contribution is 0.128. The van der Waals surface area contributed by atoms with Crippen LogP contribution >= 0.6 is 0 Å². The van der Waals surface area contributed by atoms with Crippen LogP contribution in [-0.2, 0) is 0 Å². The van der Waals surface area contributed by atoms with Crippen LogP contribution < -0.4 is 10.6 Å². The molecule has 1 aliphatic carbocycles. The second-order valence-corrected chi connectivity index (χ2v) is 7.47. The summed E-state index contributed by atoms with van der Waals surface area (Å²) in [6.45, 7) is 4.32. The molecular weight excluding hydrogens is 316 g/mol. The van der Waals surface area contributed by atoms with Gasteiger partial charge >= 0.3 is 6.03 Å². The normalized spacial score (nSPS) is 22.0. The Morgan fingerprint density at radius 1 is 1.36 bits per heavy atom. The van der Waals surface area contributed by atoms with Crippen LogP contribution in [0.4, 0.5) is 4.79 Å². The molecule has 1 saturated carbocycles. The maximum atomic E-state index is 12.3. The molecule has 1 aliphatic heterocycles. The van der Waals surface area contributed by atoms with Crippen molar-refractivity contribution in [2.75, 3.05) is 19.7 Å². The molecule has 1 aromatic heterocycles. The highest BCUT2D eigenvalue weighted by atomic mass is 16.3. The first-order chi connectivity index (χ1) is 12.1. The monoisotopic (exact) mass is 346 g/mol. The van der Waals surface area contributed by atoms with Crippen molar-refractivity contribution in [3.05, 3.63) is 30.1 Å². The van der Waals surface area contributed by atoms with Gasteiger partial charge in [-0.25, -0.2) is 4.79 Å². The maximum Gasteiger partial charge on any atom is 0.315 e. The SMILES string of the molecule is CC(c1ccncc1)N1CCC(NC(=O)NC2(CCO)CCC2)CC1. The summed E-state index contributed by atoms with van der Waals surface area (Å²) in [5.41, 5.74) is 1.12. The number of urea groups is 1. The lowest BCUT2D eigenvalue weighted by atomic mass is 9.74. The predicted octanol–water partition coefficient (Wildman–Crippen LogP) is 2.21. The highest BCUT2D eigenvalue weighted by Crippen LogP contribution is 2.34. The number of amides is 2. The van der Waals surface area contributed by atoms with Crippen molar-refractivity contribution >= 4 is 6.03 Å². The average molecular weight is 346 g/mol. The van der Waals surface area contributed by atoms with Crippen LogP contribution in [0.5, 0.6) is 0 Å². The van der Waals surface area contributed by atoms with Gasteiger partial charge in [0.1, 0.15) is 0 Å². The molecule has 3 N–H and O–H groups in total. The lowest BCUT2D eigenvalue weighted by Gasteiger charge is -2.43. The Balaban J connectivity index is 1.44. The highest BCUT2D eigenvalue weighted by molar-refractivity contribution is 5.75. The van der Waals surface area contributed by atoms with Crippen LogP contribution in [0, 0.1) is 0 Å². The van der Waals surface area contributed by atoms with E-state index in [-0.39, 0.29) is 24.2 Å². The minimum absolute atomic E-state index is 0.0752. The van der Waals surface area contributed by atoms with Gasteiger partial charge in [-0.05, 0) is 63.1 Å². The summed E-state index contributed by atoms with van der Waals surface area (Å²) in [4.78, 5) is 18.9. The maximum absolute atomic E-state index is 12.3. The van der Waals surface area contributed by atoms with E-state index in [0.29, 0.717) is 12.5 Å². The molecule has 2 fully saturated rings. The molecule has 6 nitrogen and oxygen atoms in total. The third-order valence-corrected chi connectivity index (χ3v) is 5.88. The fraction of sp³-hybridized carbons (Fsp3) is 0.684. The van der Waals surface area contributed by atoms with E-state index < -0.39 is 0 Å². The molecule has 2 heterocycles. The highest BCUT2D eigenvalue weighted by Gasteiger charge is 2.38. The molecule has 2 amide bonds. The number of aromatic nitrogens is 1. The fourth-order valence-electron chi connectivity index (χ4n) is 4.00. The van der Waals surface area contributed by atoms with Crippen molar-refractivity contribution in [1.82, 2.24) is 20.5 Å². The molecule has 6 heteroatoms. The van der Waals surface area contributed by atoms with Gasteiger partial charge in [0, 0.05) is 49.7 Å². The molecule has 138 valence electrons. The zero-order chi connectivity index (χ0) is 17.7. The second kappa shape index (κ2) is 8.15. The molecule has 0 aromatic carbocycles. The first-order valence-corrected chi connectivity index (χ1v) is 9.45. The van der Waals surface area contributed by atoms with Gasteiger partial charge in [0.05, 0.1) is 0 Å². The third-order valence-electron chi connectivity index (χ3n) is 5.88. The Labute approximate surface area is 150 Å². The van der Waals surface area contributed by atoms with Crippen LogP contribution in [-0.4, -0.2) is 52.3 Å². The minimum Gasteiger partial charge on any atom is -0.396 e. The van der Waals surface area contributed by atoms with Crippen molar-refractivity contribution in [2.45, 2.75) is 63.1 Å². The van der Waals surface area contributed by atoms with Crippen molar-refractivity contribution in [2.24, 2.45) is 0 Å². The zero-order valence-electron chi connectivity index (χ0n) is 15.1. The number of aliphatic hydroxyl groups excluding tert-OH is 1. The molecule has 1 saturated heterocycles. The van der Waals surface area contributed by atoms with E-state index >= 15 is 0 Å². The molecule has 2 aliphatic rings.